The molecule has 0 spiro atoms. The number of amides is 2. The van der Waals surface area contributed by atoms with Gasteiger partial charge in [0.2, 0.25) is 11.8 Å². The Kier molecular flexibility index (Phi) is 4.07. The second-order valence-corrected chi connectivity index (χ2v) is 6.94. The van der Waals surface area contributed by atoms with Crippen molar-refractivity contribution in [2.24, 2.45) is 12.5 Å². The van der Waals surface area contributed by atoms with Crippen molar-refractivity contribution in [1.29, 1.82) is 0 Å². The van der Waals surface area contributed by atoms with Crippen LogP contribution in [0.4, 0.5) is 0 Å². The van der Waals surface area contributed by atoms with Gasteiger partial charge in [-0.3, -0.25) is 14.3 Å². The third-order valence-corrected chi connectivity index (χ3v) is 3.59. The largest absolute Gasteiger partial charge is 0.355 e. The van der Waals surface area contributed by atoms with Crippen molar-refractivity contribution in [3.05, 3.63) is 17.5 Å². The van der Waals surface area contributed by atoms with Crippen LogP contribution in [0, 0.1) is 5.41 Å². The van der Waals surface area contributed by atoms with Gasteiger partial charge in [-0.25, -0.2) is 0 Å². The Hall–Kier alpha value is -1.85. The molecule has 1 atom stereocenters. The Bertz CT molecular complexity index is 557. The smallest absolute Gasteiger partial charge is 0.231 e. The molecular formula is C15H24N4O2. The highest BCUT2D eigenvalue weighted by Crippen LogP contribution is 2.27. The van der Waals surface area contributed by atoms with Crippen LogP contribution in [-0.2, 0) is 23.2 Å². The maximum Gasteiger partial charge on any atom is 0.231 e. The van der Waals surface area contributed by atoms with Gasteiger partial charge in [0.15, 0.2) is 0 Å². The van der Waals surface area contributed by atoms with E-state index < -0.39 is 0 Å². The number of hydrogen-bond donors (Lipinski definition) is 1. The SMILES string of the molecule is CC(=O)N1Cc2cn(C)nc2[C@H](C(=O)NCC(C)(C)C)C1. The van der Waals surface area contributed by atoms with Gasteiger partial charge in [0.1, 0.15) is 0 Å². The van der Waals surface area contributed by atoms with Crippen LogP contribution in [0.25, 0.3) is 0 Å². The lowest BCUT2D eigenvalue weighted by Gasteiger charge is -2.31. The minimum absolute atomic E-state index is 0.0156. The molecule has 2 rings (SSSR count). The number of hydrogen-bond acceptors (Lipinski definition) is 3. The maximum absolute atomic E-state index is 12.5. The van der Waals surface area contributed by atoms with E-state index in [4.69, 9.17) is 0 Å². The van der Waals surface area contributed by atoms with Gasteiger partial charge in [-0.15, -0.1) is 0 Å². The normalized spacial score (nSPS) is 18.3. The topological polar surface area (TPSA) is 67.2 Å². The molecule has 0 aromatic carbocycles. The van der Waals surface area contributed by atoms with Gasteiger partial charge in [-0.05, 0) is 5.41 Å². The Labute approximate surface area is 125 Å². The zero-order chi connectivity index (χ0) is 15.8. The number of aromatic nitrogens is 2. The second kappa shape index (κ2) is 5.50. The van der Waals surface area contributed by atoms with E-state index in [1.807, 2.05) is 13.2 Å². The van der Waals surface area contributed by atoms with Crippen molar-refractivity contribution in [3.63, 3.8) is 0 Å². The van der Waals surface area contributed by atoms with Crippen molar-refractivity contribution in [2.45, 2.75) is 40.2 Å². The maximum atomic E-state index is 12.5. The van der Waals surface area contributed by atoms with Gasteiger partial charge in [-0.1, -0.05) is 20.8 Å². The quantitative estimate of drug-likeness (QED) is 0.885. The molecule has 0 fully saturated rings. The van der Waals surface area contributed by atoms with E-state index in [0.29, 0.717) is 19.6 Å². The van der Waals surface area contributed by atoms with Crippen molar-refractivity contribution >= 4 is 11.8 Å². The fraction of sp³-hybridized carbons (Fsp3) is 0.667. The van der Waals surface area contributed by atoms with E-state index in [0.717, 1.165) is 11.3 Å². The van der Waals surface area contributed by atoms with Gasteiger partial charge in [0, 0.05) is 45.4 Å². The lowest BCUT2D eigenvalue weighted by Crippen LogP contribution is -2.44. The van der Waals surface area contributed by atoms with Crippen LogP contribution in [0.5, 0.6) is 0 Å². The van der Waals surface area contributed by atoms with Gasteiger partial charge >= 0.3 is 0 Å². The number of fused-ring (bicyclic) bond motifs is 1. The molecule has 1 aromatic rings. The van der Waals surface area contributed by atoms with Crippen LogP contribution in [0.3, 0.4) is 0 Å². The highest BCUT2D eigenvalue weighted by atomic mass is 16.2. The summed E-state index contributed by atoms with van der Waals surface area (Å²) in [6.07, 6.45) is 1.88. The third-order valence-electron chi connectivity index (χ3n) is 3.59. The Morgan fingerprint density at radius 1 is 1.43 bits per heavy atom. The van der Waals surface area contributed by atoms with Gasteiger partial charge in [0.25, 0.3) is 0 Å². The molecule has 21 heavy (non-hydrogen) atoms. The standard InChI is InChI=1S/C15H24N4O2/c1-10(20)19-7-11-6-18(5)17-13(11)12(8-19)14(21)16-9-15(2,3)4/h6,12H,7-9H2,1-5H3,(H,16,21)/t12-/m1/s1. The molecule has 6 nitrogen and oxygen atoms in total. The zero-order valence-electron chi connectivity index (χ0n) is 13.4. The van der Waals surface area contributed by atoms with Crippen LogP contribution >= 0.6 is 0 Å². The number of carbonyl (C=O) groups is 2. The van der Waals surface area contributed by atoms with E-state index >= 15 is 0 Å². The number of nitrogens with one attached hydrogen (secondary N) is 1. The summed E-state index contributed by atoms with van der Waals surface area (Å²) in [7, 11) is 1.83. The number of nitrogens with zero attached hydrogens (tertiary/aromatic N) is 3. The first-order valence-electron chi connectivity index (χ1n) is 7.23. The first-order chi connectivity index (χ1) is 9.67. The van der Waals surface area contributed by atoms with Crippen LogP contribution in [-0.4, -0.2) is 39.6 Å². The van der Waals surface area contributed by atoms with E-state index in [1.165, 1.54) is 6.92 Å². The molecule has 2 heterocycles. The van der Waals surface area contributed by atoms with Crippen molar-refractivity contribution < 1.29 is 9.59 Å². The Morgan fingerprint density at radius 3 is 2.67 bits per heavy atom. The fourth-order valence-electron chi connectivity index (χ4n) is 2.47. The average molecular weight is 292 g/mol. The summed E-state index contributed by atoms with van der Waals surface area (Å²) < 4.78 is 1.71. The molecule has 1 aromatic heterocycles. The van der Waals surface area contributed by atoms with Crippen molar-refractivity contribution in [1.82, 2.24) is 20.0 Å². The highest BCUT2D eigenvalue weighted by Gasteiger charge is 2.34. The van der Waals surface area contributed by atoms with Crippen LogP contribution in [0.1, 0.15) is 44.9 Å². The molecule has 6 heteroatoms. The fourth-order valence-corrected chi connectivity index (χ4v) is 2.47. The molecule has 0 aliphatic carbocycles. The van der Waals surface area contributed by atoms with E-state index in [2.05, 4.69) is 31.2 Å². The first-order valence-corrected chi connectivity index (χ1v) is 7.23. The molecular weight excluding hydrogens is 268 g/mol. The first kappa shape index (κ1) is 15.5. The molecule has 1 aliphatic rings. The number of rotatable bonds is 2. The second-order valence-electron chi connectivity index (χ2n) is 6.94. The predicted octanol–water partition coefficient (Wildman–Crippen LogP) is 1.03. The molecule has 116 valence electrons. The predicted molar refractivity (Wildman–Crippen MR) is 79.5 cm³/mol. The lowest BCUT2D eigenvalue weighted by molar-refractivity contribution is -0.131. The molecule has 1 aliphatic heterocycles. The summed E-state index contributed by atoms with van der Waals surface area (Å²) >= 11 is 0. The Morgan fingerprint density at radius 2 is 2.10 bits per heavy atom. The lowest BCUT2D eigenvalue weighted by atomic mass is 9.93. The molecule has 0 radical (unpaired) electrons. The third kappa shape index (κ3) is 3.62. The summed E-state index contributed by atoms with van der Waals surface area (Å²) in [4.78, 5) is 25.9. The van der Waals surface area contributed by atoms with Crippen molar-refractivity contribution in [3.8, 4) is 0 Å². The number of carbonyl (C=O) groups excluding carboxylic acids is 2. The minimum Gasteiger partial charge on any atom is -0.355 e. The van der Waals surface area contributed by atoms with Gasteiger partial charge < -0.3 is 10.2 Å². The van der Waals surface area contributed by atoms with E-state index in [-0.39, 0.29) is 23.1 Å². The molecule has 2 amide bonds. The van der Waals surface area contributed by atoms with Gasteiger partial charge in [-0.2, -0.15) is 5.10 Å². The number of aryl methyl sites for hydroxylation is 1. The van der Waals surface area contributed by atoms with Crippen LogP contribution < -0.4 is 5.32 Å². The van der Waals surface area contributed by atoms with E-state index in [9.17, 15) is 9.59 Å². The molecule has 0 saturated heterocycles. The van der Waals surface area contributed by atoms with Crippen LogP contribution in [0.15, 0.2) is 6.20 Å². The summed E-state index contributed by atoms with van der Waals surface area (Å²) in [6, 6.07) is 0. The summed E-state index contributed by atoms with van der Waals surface area (Å²) in [6.45, 7) is 9.28. The molecule has 0 bridgehead atoms. The monoisotopic (exact) mass is 292 g/mol. The molecule has 0 unspecified atom stereocenters. The molecule has 0 saturated carbocycles. The van der Waals surface area contributed by atoms with Crippen LogP contribution in [0.2, 0.25) is 0 Å². The average Bonchev–Trinajstić information content (AvgIpc) is 2.73. The minimum atomic E-state index is -0.388. The Balaban J connectivity index is 2.20. The van der Waals surface area contributed by atoms with E-state index in [1.54, 1.807) is 9.58 Å². The molecule has 1 N–H and O–H groups in total. The van der Waals surface area contributed by atoms with Gasteiger partial charge in [0.05, 0.1) is 11.6 Å². The summed E-state index contributed by atoms with van der Waals surface area (Å²) in [5.41, 5.74) is 1.77. The summed E-state index contributed by atoms with van der Waals surface area (Å²) in [5.74, 6) is -0.463. The summed E-state index contributed by atoms with van der Waals surface area (Å²) in [5, 5.41) is 7.39. The van der Waals surface area contributed by atoms with Crippen molar-refractivity contribution in [2.75, 3.05) is 13.1 Å². The zero-order valence-corrected chi connectivity index (χ0v) is 13.4. The highest BCUT2D eigenvalue weighted by molar-refractivity contribution is 5.85.